The predicted molar refractivity (Wildman–Crippen MR) is 79.6 cm³/mol. The summed E-state index contributed by atoms with van der Waals surface area (Å²) in [5.74, 6) is 0.991. The number of rotatable bonds is 6. The molecule has 1 unspecified atom stereocenters. The number of benzene rings is 1. The first-order valence-electron chi connectivity index (χ1n) is 7.62. The van der Waals surface area contributed by atoms with E-state index < -0.39 is 0 Å². The van der Waals surface area contributed by atoms with Gasteiger partial charge >= 0.3 is 0 Å². The Kier molecular flexibility index (Phi) is 5.59. The molecule has 1 heterocycles. The lowest BCUT2D eigenvalue weighted by Crippen LogP contribution is -2.30. The van der Waals surface area contributed by atoms with E-state index in [0.29, 0.717) is 18.1 Å². The number of piperidine rings is 1. The van der Waals surface area contributed by atoms with E-state index in [0.717, 1.165) is 37.9 Å². The highest BCUT2D eigenvalue weighted by atomic mass is 16.1. The topological polar surface area (TPSA) is 29.1 Å². The fraction of sp³-hybridized carbons (Fsp3) is 0.588. The number of hydrogen-bond acceptors (Lipinski definition) is 2. The second kappa shape index (κ2) is 7.44. The molecule has 104 valence electrons. The van der Waals surface area contributed by atoms with Gasteiger partial charge in [-0.25, -0.2) is 0 Å². The molecule has 0 amide bonds. The Labute approximate surface area is 116 Å². The lowest BCUT2D eigenvalue weighted by molar-refractivity contribution is 0.0971. The lowest BCUT2D eigenvalue weighted by atomic mass is 9.92. The van der Waals surface area contributed by atoms with Crippen LogP contribution < -0.4 is 5.32 Å². The van der Waals surface area contributed by atoms with E-state index in [1.807, 2.05) is 12.1 Å². The summed E-state index contributed by atoms with van der Waals surface area (Å²) in [6, 6.07) is 8.18. The minimum absolute atomic E-state index is 0.300. The highest BCUT2D eigenvalue weighted by Gasteiger charge is 2.15. The second-order valence-electron chi connectivity index (χ2n) is 5.62. The molecule has 19 heavy (non-hydrogen) atoms. The molecular weight excluding hydrogens is 234 g/mol. The first-order valence-corrected chi connectivity index (χ1v) is 7.62. The van der Waals surface area contributed by atoms with E-state index >= 15 is 0 Å². The van der Waals surface area contributed by atoms with Crippen LogP contribution >= 0.6 is 0 Å². The summed E-state index contributed by atoms with van der Waals surface area (Å²) in [6.07, 6.45) is 6.51. The summed E-state index contributed by atoms with van der Waals surface area (Å²) in [6.45, 7) is 4.41. The third-order valence-electron chi connectivity index (χ3n) is 3.99. The van der Waals surface area contributed by atoms with Crippen LogP contribution in [0.4, 0.5) is 0 Å². The highest BCUT2D eigenvalue weighted by Crippen LogP contribution is 2.18. The molecule has 2 heteroatoms. The third-order valence-corrected chi connectivity index (χ3v) is 3.99. The second-order valence-corrected chi connectivity index (χ2v) is 5.62. The Morgan fingerprint density at radius 2 is 2.11 bits per heavy atom. The standard InChI is InChI=1S/C17H25NO/c1-2-4-14-6-9-16(10-7-14)17(19)11-8-15-5-3-12-18-13-15/h6-7,9-10,15,18H,2-5,8,11-13H2,1H3. The molecule has 0 spiro atoms. The largest absolute Gasteiger partial charge is 0.316 e. The molecule has 1 fully saturated rings. The van der Waals surface area contributed by atoms with Gasteiger partial charge in [-0.1, -0.05) is 37.6 Å². The van der Waals surface area contributed by atoms with Crippen molar-refractivity contribution in [2.45, 2.75) is 45.4 Å². The van der Waals surface area contributed by atoms with E-state index in [9.17, 15) is 4.79 Å². The van der Waals surface area contributed by atoms with Crippen LogP contribution in [0.25, 0.3) is 0 Å². The molecule has 1 aliphatic rings. The van der Waals surface area contributed by atoms with Crippen LogP contribution in [0.15, 0.2) is 24.3 Å². The molecule has 1 N–H and O–H groups in total. The van der Waals surface area contributed by atoms with E-state index in [-0.39, 0.29) is 0 Å². The van der Waals surface area contributed by atoms with Gasteiger partial charge in [0.1, 0.15) is 0 Å². The summed E-state index contributed by atoms with van der Waals surface area (Å²) in [4.78, 5) is 12.1. The van der Waals surface area contributed by atoms with Gasteiger partial charge in [-0.3, -0.25) is 4.79 Å². The summed E-state index contributed by atoms with van der Waals surface area (Å²) in [7, 11) is 0. The lowest BCUT2D eigenvalue weighted by Gasteiger charge is -2.22. The maximum Gasteiger partial charge on any atom is 0.162 e. The monoisotopic (exact) mass is 259 g/mol. The van der Waals surface area contributed by atoms with E-state index in [4.69, 9.17) is 0 Å². The Balaban J connectivity index is 1.81. The van der Waals surface area contributed by atoms with Gasteiger partial charge in [-0.15, -0.1) is 0 Å². The predicted octanol–water partition coefficient (Wildman–Crippen LogP) is 3.60. The van der Waals surface area contributed by atoms with Crippen LogP contribution in [-0.2, 0) is 6.42 Å². The van der Waals surface area contributed by atoms with Gasteiger partial charge in [0.05, 0.1) is 0 Å². The summed E-state index contributed by atoms with van der Waals surface area (Å²) < 4.78 is 0. The zero-order valence-corrected chi connectivity index (χ0v) is 12.0. The number of aryl methyl sites for hydroxylation is 1. The molecular formula is C17H25NO. The van der Waals surface area contributed by atoms with Crippen molar-refractivity contribution < 1.29 is 4.79 Å². The zero-order chi connectivity index (χ0) is 13.5. The SMILES string of the molecule is CCCc1ccc(C(=O)CCC2CCCNC2)cc1. The van der Waals surface area contributed by atoms with E-state index in [2.05, 4.69) is 24.4 Å². The number of hydrogen-bond donors (Lipinski definition) is 1. The summed E-state index contributed by atoms with van der Waals surface area (Å²) in [5, 5.41) is 3.41. The molecule has 1 saturated heterocycles. The molecule has 2 nitrogen and oxygen atoms in total. The van der Waals surface area contributed by atoms with Crippen molar-refractivity contribution in [3.63, 3.8) is 0 Å². The number of carbonyl (C=O) groups excluding carboxylic acids is 1. The average Bonchev–Trinajstić information content (AvgIpc) is 2.47. The Morgan fingerprint density at radius 1 is 1.32 bits per heavy atom. The van der Waals surface area contributed by atoms with Crippen LogP contribution in [0.5, 0.6) is 0 Å². The van der Waals surface area contributed by atoms with Gasteiger partial charge < -0.3 is 5.32 Å². The van der Waals surface area contributed by atoms with E-state index in [1.54, 1.807) is 0 Å². The maximum atomic E-state index is 12.1. The number of ketones is 1. The van der Waals surface area contributed by atoms with Crippen molar-refractivity contribution >= 4 is 5.78 Å². The number of nitrogens with one attached hydrogen (secondary N) is 1. The molecule has 1 aliphatic heterocycles. The average molecular weight is 259 g/mol. The van der Waals surface area contributed by atoms with Crippen molar-refractivity contribution in [3.05, 3.63) is 35.4 Å². The van der Waals surface area contributed by atoms with Gasteiger partial charge in [0.25, 0.3) is 0 Å². The Bertz CT molecular complexity index is 390. The fourth-order valence-electron chi connectivity index (χ4n) is 2.80. The summed E-state index contributed by atoms with van der Waals surface area (Å²) in [5.41, 5.74) is 2.21. The molecule has 0 bridgehead atoms. The van der Waals surface area contributed by atoms with Crippen molar-refractivity contribution in [1.29, 1.82) is 0 Å². The van der Waals surface area contributed by atoms with Gasteiger partial charge in [0.2, 0.25) is 0 Å². The number of Topliss-reactive ketones (excluding diaryl/α,β-unsaturated/α-hetero) is 1. The van der Waals surface area contributed by atoms with Gasteiger partial charge in [-0.2, -0.15) is 0 Å². The van der Waals surface area contributed by atoms with Crippen molar-refractivity contribution in [1.82, 2.24) is 5.32 Å². The van der Waals surface area contributed by atoms with Crippen molar-refractivity contribution in [2.75, 3.05) is 13.1 Å². The molecule has 1 aromatic carbocycles. The first-order chi connectivity index (χ1) is 9.29. The maximum absolute atomic E-state index is 12.1. The third kappa shape index (κ3) is 4.46. The first kappa shape index (κ1) is 14.3. The molecule has 0 aromatic heterocycles. The molecule has 0 saturated carbocycles. The van der Waals surface area contributed by atoms with Crippen molar-refractivity contribution in [2.24, 2.45) is 5.92 Å². The van der Waals surface area contributed by atoms with Crippen LogP contribution in [0, 0.1) is 5.92 Å². The summed E-state index contributed by atoms with van der Waals surface area (Å²) >= 11 is 0. The normalized spacial score (nSPS) is 19.3. The minimum atomic E-state index is 0.300. The molecule has 1 atom stereocenters. The highest BCUT2D eigenvalue weighted by molar-refractivity contribution is 5.96. The van der Waals surface area contributed by atoms with Gasteiger partial charge in [0.15, 0.2) is 5.78 Å². The minimum Gasteiger partial charge on any atom is -0.316 e. The van der Waals surface area contributed by atoms with E-state index in [1.165, 1.54) is 18.4 Å². The quantitative estimate of drug-likeness (QED) is 0.791. The Hall–Kier alpha value is -1.15. The molecule has 2 rings (SSSR count). The smallest absolute Gasteiger partial charge is 0.162 e. The molecule has 1 aromatic rings. The fourth-order valence-corrected chi connectivity index (χ4v) is 2.80. The van der Waals surface area contributed by atoms with Crippen LogP contribution in [0.1, 0.15) is 54.9 Å². The Morgan fingerprint density at radius 3 is 2.74 bits per heavy atom. The molecule has 0 radical (unpaired) electrons. The zero-order valence-electron chi connectivity index (χ0n) is 12.0. The van der Waals surface area contributed by atoms with Gasteiger partial charge in [0, 0.05) is 12.0 Å². The molecule has 0 aliphatic carbocycles. The van der Waals surface area contributed by atoms with Crippen LogP contribution in [0.2, 0.25) is 0 Å². The number of carbonyl (C=O) groups is 1. The van der Waals surface area contributed by atoms with Crippen LogP contribution in [-0.4, -0.2) is 18.9 Å². The van der Waals surface area contributed by atoms with Gasteiger partial charge in [-0.05, 0) is 50.3 Å². The van der Waals surface area contributed by atoms with Crippen molar-refractivity contribution in [3.8, 4) is 0 Å². The van der Waals surface area contributed by atoms with Crippen LogP contribution in [0.3, 0.4) is 0 Å².